The number of aliphatic carboxylic acids is 2. The molecule has 6 atom stereocenters. The maximum atomic E-state index is 12.3. The summed E-state index contributed by atoms with van der Waals surface area (Å²) in [6.07, 6.45) is -0.0145. The van der Waals surface area contributed by atoms with E-state index < -0.39 is 48.4 Å². The normalized spacial score (nSPS) is 17.0. The number of ether oxygens (including phenoxy) is 1. The first-order chi connectivity index (χ1) is 14.5. The Bertz CT molecular complexity index is 604. The summed E-state index contributed by atoms with van der Waals surface area (Å²) in [4.78, 5) is 46.3. The first-order valence-corrected chi connectivity index (χ1v) is 10.9. The molecule has 0 aromatic heterocycles. The Morgan fingerprint density at radius 2 is 1.71 bits per heavy atom. The lowest BCUT2D eigenvalue weighted by molar-refractivity contribution is -0.144. The second-order valence-corrected chi connectivity index (χ2v) is 8.11. The van der Waals surface area contributed by atoms with Crippen molar-refractivity contribution in [3.63, 3.8) is 0 Å². The van der Waals surface area contributed by atoms with E-state index in [0.717, 1.165) is 0 Å². The van der Waals surface area contributed by atoms with Crippen LogP contribution in [0.25, 0.3) is 0 Å². The third-order valence-corrected chi connectivity index (χ3v) is 5.85. The third kappa shape index (κ3) is 10.8. The van der Waals surface area contributed by atoms with Crippen molar-refractivity contribution in [2.75, 3.05) is 19.4 Å². The van der Waals surface area contributed by atoms with Crippen molar-refractivity contribution < 1.29 is 39.2 Å². The van der Waals surface area contributed by atoms with Crippen LogP contribution in [0.15, 0.2) is 0 Å². The Balaban J connectivity index is 4.84. The predicted molar refractivity (Wildman–Crippen MR) is 117 cm³/mol. The maximum absolute atomic E-state index is 12.3. The van der Waals surface area contributed by atoms with Gasteiger partial charge in [-0.2, -0.15) is 12.6 Å². The van der Waals surface area contributed by atoms with Gasteiger partial charge in [-0.1, -0.05) is 20.8 Å². The summed E-state index contributed by atoms with van der Waals surface area (Å²) in [7, 11) is 1.53. The lowest BCUT2D eigenvalue weighted by atomic mass is 9.82. The van der Waals surface area contributed by atoms with E-state index >= 15 is 0 Å². The Kier molecular flexibility index (Phi) is 14.1. The number of rotatable bonds is 16. The molecule has 0 heterocycles. The Labute approximate surface area is 188 Å². The number of methoxy groups -OCH3 is 1. The maximum Gasteiger partial charge on any atom is 0.322 e. The molecule has 0 rings (SSSR count). The van der Waals surface area contributed by atoms with Crippen LogP contribution in [0.2, 0.25) is 0 Å². The summed E-state index contributed by atoms with van der Waals surface area (Å²) in [5.74, 6) is -4.68. The summed E-state index contributed by atoms with van der Waals surface area (Å²) in [5.41, 5.74) is 0. The van der Waals surface area contributed by atoms with E-state index in [1.54, 1.807) is 0 Å². The van der Waals surface area contributed by atoms with Crippen LogP contribution in [-0.2, 0) is 23.9 Å². The number of aliphatic hydroxyl groups is 1. The molecule has 0 saturated carbocycles. The monoisotopic (exact) mass is 464 g/mol. The van der Waals surface area contributed by atoms with Gasteiger partial charge in [0.05, 0.1) is 18.1 Å². The lowest BCUT2D eigenvalue weighted by Gasteiger charge is -2.31. The molecule has 0 aliphatic rings. The van der Waals surface area contributed by atoms with Crippen LogP contribution in [0.1, 0.15) is 46.5 Å². The average molecular weight is 465 g/mol. The van der Waals surface area contributed by atoms with E-state index in [2.05, 4.69) is 23.3 Å². The van der Waals surface area contributed by atoms with Crippen molar-refractivity contribution in [3.8, 4) is 0 Å². The fourth-order valence-corrected chi connectivity index (χ4v) is 3.53. The second-order valence-electron chi connectivity index (χ2n) is 7.74. The fraction of sp³-hybridized carbons (Fsp3) is 0.800. The van der Waals surface area contributed by atoms with Gasteiger partial charge in [0.25, 0.3) is 0 Å². The smallest absolute Gasteiger partial charge is 0.322 e. The molecule has 0 radical (unpaired) electrons. The number of carbonyl (C=O) groups excluding carboxylic acids is 2. The number of carboxylic acids is 2. The molecule has 11 heteroatoms. The SMILES string of the molecule is CCC(O)C(OC)C(C)C(C)CCC(CC(=O)NC(CS)C(=O)NCC(=O)O)C(=O)O. The molecule has 6 unspecified atom stereocenters. The van der Waals surface area contributed by atoms with Crippen molar-refractivity contribution in [3.05, 3.63) is 0 Å². The molecule has 31 heavy (non-hydrogen) atoms. The fourth-order valence-electron chi connectivity index (χ4n) is 3.28. The Morgan fingerprint density at radius 1 is 1.10 bits per heavy atom. The van der Waals surface area contributed by atoms with Crippen molar-refractivity contribution in [2.45, 2.75) is 64.7 Å². The van der Waals surface area contributed by atoms with Gasteiger partial charge in [0, 0.05) is 19.3 Å². The molecule has 10 nitrogen and oxygen atoms in total. The zero-order chi connectivity index (χ0) is 24.1. The van der Waals surface area contributed by atoms with Crippen LogP contribution in [-0.4, -0.2) is 76.7 Å². The summed E-state index contributed by atoms with van der Waals surface area (Å²) in [5, 5.41) is 32.7. The highest BCUT2D eigenvalue weighted by Crippen LogP contribution is 2.27. The predicted octanol–water partition coefficient (Wildman–Crippen LogP) is 0.531. The van der Waals surface area contributed by atoms with E-state index in [0.29, 0.717) is 12.8 Å². The van der Waals surface area contributed by atoms with E-state index in [9.17, 15) is 29.4 Å². The summed E-state index contributed by atoms with van der Waals surface area (Å²) >= 11 is 3.98. The molecule has 0 aliphatic carbocycles. The molecule has 0 aliphatic heterocycles. The first-order valence-electron chi connectivity index (χ1n) is 10.3. The van der Waals surface area contributed by atoms with Crippen LogP contribution in [0.4, 0.5) is 0 Å². The van der Waals surface area contributed by atoms with Crippen molar-refractivity contribution in [2.24, 2.45) is 17.8 Å². The van der Waals surface area contributed by atoms with Gasteiger partial charge in [-0.15, -0.1) is 0 Å². The zero-order valence-corrected chi connectivity index (χ0v) is 19.4. The highest BCUT2D eigenvalue weighted by Gasteiger charge is 2.30. The van der Waals surface area contributed by atoms with Gasteiger partial charge in [0.2, 0.25) is 11.8 Å². The van der Waals surface area contributed by atoms with Crippen LogP contribution in [0.3, 0.4) is 0 Å². The molecular formula is C20H36N2O8S. The third-order valence-electron chi connectivity index (χ3n) is 5.49. The number of aliphatic hydroxyl groups excluding tert-OH is 1. The van der Waals surface area contributed by atoms with Crippen LogP contribution < -0.4 is 10.6 Å². The summed E-state index contributed by atoms with van der Waals surface area (Å²) < 4.78 is 5.41. The largest absolute Gasteiger partial charge is 0.481 e. The van der Waals surface area contributed by atoms with Gasteiger partial charge in [0.15, 0.2) is 0 Å². The number of nitrogens with one attached hydrogen (secondary N) is 2. The average Bonchev–Trinajstić information content (AvgIpc) is 2.72. The van der Waals surface area contributed by atoms with E-state index in [1.165, 1.54) is 7.11 Å². The molecular weight excluding hydrogens is 428 g/mol. The minimum absolute atomic E-state index is 0.0188. The molecule has 0 fully saturated rings. The van der Waals surface area contributed by atoms with Crippen LogP contribution >= 0.6 is 12.6 Å². The second kappa shape index (κ2) is 15.0. The van der Waals surface area contributed by atoms with Gasteiger partial charge in [0.1, 0.15) is 12.6 Å². The van der Waals surface area contributed by atoms with Gasteiger partial charge >= 0.3 is 11.9 Å². The highest BCUT2D eigenvalue weighted by molar-refractivity contribution is 7.80. The van der Waals surface area contributed by atoms with E-state index in [1.807, 2.05) is 20.8 Å². The molecule has 2 amide bonds. The molecule has 180 valence electrons. The number of carboxylic acid groups (broad SMARTS) is 2. The lowest BCUT2D eigenvalue weighted by Crippen LogP contribution is -2.49. The minimum atomic E-state index is -1.23. The molecule has 0 saturated heterocycles. The first kappa shape index (κ1) is 29.1. The van der Waals surface area contributed by atoms with Gasteiger partial charge in [-0.3, -0.25) is 19.2 Å². The van der Waals surface area contributed by atoms with Gasteiger partial charge < -0.3 is 30.7 Å². The Hall–Kier alpha value is -1.85. The molecule has 0 bridgehead atoms. The standard InChI is InChI=1S/C20H36N2O8S/c1-5-15(23)18(30-4)12(3)11(2)6-7-13(20(28)29)8-16(24)22-14(10-31)19(27)21-9-17(25)26/h11-15,18,23,31H,5-10H2,1-4H3,(H,21,27)(H,22,24)(H,25,26)(H,28,29). The highest BCUT2D eigenvalue weighted by atomic mass is 32.1. The zero-order valence-electron chi connectivity index (χ0n) is 18.5. The number of thiol groups is 1. The number of carbonyl (C=O) groups is 4. The van der Waals surface area contributed by atoms with E-state index in [4.69, 9.17) is 9.84 Å². The topological polar surface area (TPSA) is 162 Å². The van der Waals surface area contributed by atoms with Gasteiger partial charge in [-0.25, -0.2) is 0 Å². The van der Waals surface area contributed by atoms with Crippen molar-refractivity contribution >= 4 is 36.4 Å². The minimum Gasteiger partial charge on any atom is -0.481 e. The van der Waals surface area contributed by atoms with Gasteiger partial charge in [-0.05, 0) is 31.1 Å². The van der Waals surface area contributed by atoms with E-state index in [-0.39, 0.29) is 36.5 Å². The quantitative estimate of drug-likeness (QED) is 0.180. The molecule has 0 aromatic carbocycles. The Morgan fingerprint density at radius 3 is 2.16 bits per heavy atom. The molecule has 0 spiro atoms. The van der Waals surface area contributed by atoms with Crippen LogP contribution in [0, 0.1) is 17.8 Å². The van der Waals surface area contributed by atoms with Crippen molar-refractivity contribution in [1.29, 1.82) is 0 Å². The molecule has 5 N–H and O–H groups in total. The summed E-state index contributed by atoms with van der Waals surface area (Å²) in [6.45, 7) is 5.14. The molecule has 0 aromatic rings. The number of hydrogen-bond donors (Lipinski definition) is 6. The van der Waals surface area contributed by atoms with Crippen LogP contribution in [0.5, 0.6) is 0 Å². The summed E-state index contributed by atoms with van der Waals surface area (Å²) in [6, 6.07) is -1.07. The number of hydrogen-bond acceptors (Lipinski definition) is 7. The van der Waals surface area contributed by atoms with Crippen molar-refractivity contribution in [1.82, 2.24) is 10.6 Å². The number of amides is 2.